The van der Waals surface area contributed by atoms with Crippen LogP contribution in [0, 0.1) is 6.92 Å². The molecular weight excluding hydrogens is 322 g/mol. The SMILES string of the molecule is Cc1ccc(=O)n(CC(=O)Nc2ccc(C(=O)NCC(C)O)cc2)c1. The van der Waals surface area contributed by atoms with Crippen molar-refractivity contribution in [3.05, 3.63) is 64.1 Å². The van der Waals surface area contributed by atoms with E-state index in [4.69, 9.17) is 5.11 Å². The van der Waals surface area contributed by atoms with Gasteiger partial charge in [0.25, 0.3) is 11.5 Å². The molecule has 25 heavy (non-hydrogen) atoms. The lowest BCUT2D eigenvalue weighted by Crippen LogP contribution is -2.30. The first kappa shape index (κ1) is 18.4. The number of aromatic nitrogens is 1. The zero-order valence-electron chi connectivity index (χ0n) is 14.2. The predicted molar refractivity (Wildman–Crippen MR) is 94.5 cm³/mol. The molecular formula is C18H21N3O4. The van der Waals surface area contributed by atoms with Crippen molar-refractivity contribution in [3.8, 4) is 0 Å². The fraction of sp³-hybridized carbons (Fsp3) is 0.278. The van der Waals surface area contributed by atoms with Crippen LogP contribution in [0.5, 0.6) is 0 Å². The fourth-order valence-electron chi connectivity index (χ4n) is 2.18. The second-order valence-electron chi connectivity index (χ2n) is 5.86. The lowest BCUT2D eigenvalue weighted by atomic mass is 10.2. The summed E-state index contributed by atoms with van der Waals surface area (Å²) in [5, 5.41) is 14.4. The Labute approximate surface area is 145 Å². The number of aliphatic hydroxyl groups is 1. The third-order valence-electron chi connectivity index (χ3n) is 3.43. The molecule has 1 unspecified atom stereocenters. The van der Waals surface area contributed by atoms with Crippen LogP contribution in [0.1, 0.15) is 22.8 Å². The fourth-order valence-corrected chi connectivity index (χ4v) is 2.18. The molecule has 3 N–H and O–H groups in total. The maximum atomic E-state index is 12.1. The molecule has 7 nitrogen and oxygen atoms in total. The van der Waals surface area contributed by atoms with Gasteiger partial charge in [0.2, 0.25) is 5.91 Å². The van der Waals surface area contributed by atoms with Crippen molar-refractivity contribution in [1.82, 2.24) is 9.88 Å². The predicted octanol–water partition coefficient (Wildman–Crippen LogP) is 0.906. The van der Waals surface area contributed by atoms with Crippen LogP contribution in [-0.4, -0.2) is 34.1 Å². The summed E-state index contributed by atoms with van der Waals surface area (Å²) in [5.74, 6) is -0.635. The highest BCUT2D eigenvalue weighted by Gasteiger charge is 2.08. The Bertz CT molecular complexity index is 810. The summed E-state index contributed by atoms with van der Waals surface area (Å²) in [6.07, 6.45) is 1.00. The van der Waals surface area contributed by atoms with E-state index in [2.05, 4.69) is 10.6 Å². The number of aliphatic hydroxyl groups excluding tert-OH is 1. The molecule has 2 amide bonds. The third kappa shape index (κ3) is 5.58. The number of hydrogen-bond acceptors (Lipinski definition) is 4. The second-order valence-corrected chi connectivity index (χ2v) is 5.86. The van der Waals surface area contributed by atoms with Gasteiger partial charge in [-0.25, -0.2) is 0 Å². The monoisotopic (exact) mass is 343 g/mol. The molecule has 0 aliphatic rings. The van der Waals surface area contributed by atoms with Crippen LogP contribution in [-0.2, 0) is 11.3 Å². The topological polar surface area (TPSA) is 100 Å². The van der Waals surface area contributed by atoms with E-state index < -0.39 is 6.10 Å². The van der Waals surface area contributed by atoms with E-state index in [0.717, 1.165) is 5.56 Å². The van der Waals surface area contributed by atoms with Crippen LogP contribution in [0.25, 0.3) is 0 Å². The number of aryl methyl sites for hydroxylation is 1. The Balaban J connectivity index is 1.96. The molecule has 7 heteroatoms. The molecule has 0 aliphatic heterocycles. The smallest absolute Gasteiger partial charge is 0.251 e. The average molecular weight is 343 g/mol. The number of nitrogens with zero attached hydrogens (tertiary/aromatic N) is 1. The molecule has 0 bridgehead atoms. The number of rotatable bonds is 6. The second kappa shape index (κ2) is 8.25. The van der Waals surface area contributed by atoms with Gasteiger partial charge in [-0.2, -0.15) is 0 Å². The van der Waals surface area contributed by atoms with Crippen LogP contribution >= 0.6 is 0 Å². The Morgan fingerprint density at radius 1 is 1.16 bits per heavy atom. The van der Waals surface area contributed by atoms with Gasteiger partial charge in [0.1, 0.15) is 6.54 Å². The van der Waals surface area contributed by atoms with Crippen LogP contribution in [0.3, 0.4) is 0 Å². The molecule has 2 aromatic rings. The minimum absolute atomic E-state index is 0.0862. The zero-order valence-corrected chi connectivity index (χ0v) is 14.2. The number of benzene rings is 1. The number of carbonyl (C=O) groups is 2. The lowest BCUT2D eigenvalue weighted by molar-refractivity contribution is -0.116. The summed E-state index contributed by atoms with van der Waals surface area (Å²) >= 11 is 0. The normalized spacial score (nSPS) is 11.6. The van der Waals surface area contributed by atoms with Crippen LogP contribution < -0.4 is 16.2 Å². The van der Waals surface area contributed by atoms with Crippen LogP contribution in [0.2, 0.25) is 0 Å². The molecule has 132 valence electrons. The van der Waals surface area contributed by atoms with E-state index in [-0.39, 0.29) is 30.5 Å². The van der Waals surface area contributed by atoms with E-state index in [0.29, 0.717) is 11.3 Å². The largest absolute Gasteiger partial charge is 0.392 e. The van der Waals surface area contributed by atoms with E-state index in [1.54, 1.807) is 43.5 Å². The standard InChI is InChI=1S/C18H21N3O4/c1-12-3-8-17(24)21(10-12)11-16(23)20-15-6-4-14(5-7-15)18(25)19-9-13(2)22/h3-8,10,13,22H,9,11H2,1-2H3,(H,19,25)(H,20,23). The Morgan fingerprint density at radius 2 is 1.84 bits per heavy atom. The van der Waals surface area contributed by atoms with Gasteiger partial charge < -0.3 is 20.3 Å². The number of anilines is 1. The van der Waals surface area contributed by atoms with Crippen LogP contribution in [0.4, 0.5) is 5.69 Å². The molecule has 0 spiro atoms. The summed E-state index contributed by atoms with van der Waals surface area (Å²) in [6.45, 7) is 3.51. The summed E-state index contributed by atoms with van der Waals surface area (Å²) < 4.78 is 1.34. The van der Waals surface area contributed by atoms with Gasteiger partial charge in [-0.1, -0.05) is 6.07 Å². The Hall–Kier alpha value is -2.93. The van der Waals surface area contributed by atoms with Gasteiger partial charge >= 0.3 is 0 Å². The quantitative estimate of drug-likeness (QED) is 0.726. The summed E-state index contributed by atoms with van der Waals surface area (Å²) in [6, 6.07) is 9.47. The van der Waals surface area contributed by atoms with Gasteiger partial charge in [0.05, 0.1) is 6.10 Å². The summed E-state index contributed by atoms with van der Waals surface area (Å²) in [7, 11) is 0. The zero-order chi connectivity index (χ0) is 18.4. The van der Waals surface area contributed by atoms with Gasteiger partial charge in [0, 0.05) is 30.1 Å². The van der Waals surface area contributed by atoms with Gasteiger partial charge in [-0.15, -0.1) is 0 Å². The molecule has 1 heterocycles. The van der Waals surface area contributed by atoms with Crippen molar-refractivity contribution in [1.29, 1.82) is 0 Å². The highest BCUT2D eigenvalue weighted by molar-refractivity contribution is 5.95. The minimum Gasteiger partial charge on any atom is -0.392 e. The Kier molecular flexibility index (Phi) is 6.08. The maximum absolute atomic E-state index is 12.1. The van der Waals surface area contributed by atoms with Gasteiger partial charge in [0.15, 0.2) is 0 Å². The third-order valence-corrected chi connectivity index (χ3v) is 3.43. The van der Waals surface area contributed by atoms with Crippen molar-refractivity contribution >= 4 is 17.5 Å². The summed E-state index contributed by atoms with van der Waals surface area (Å²) in [5.41, 5.74) is 1.59. The van der Waals surface area contributed by atoms with E-state index in [9.17, 15) is 14.4 Å². The molecule has 0 saturated heterocycles. The highest BCUT2D eigenvalue weighted by Crippen LogP contribution is 2.10. The maximum Gasteiger partial charge on any atom is 0.251 e. The molecule has 0 radical (unpaired) electrons. The lowest BCUT2D eigenvalue weighted by Gasteiger charge is -2.09. The molecule has 1 aromatic heterocycles. The van der Waals surface area contributed by atoms with E-state index in [1.165, 1.54) is 10.6 Å². The van der Waals surface area contributed by atoms with Crippen molar-refractivity contribution in [3.63, 3.8) is 0 Å². The molecule has 0 fully saturated rings. The van der Waals surface area contributed by atoms with Gasteiger partial charge in [-0.3, -0.25) is 14.4 Å². The molecule has 0 aliphatic carbocycles. The Morgan fingerprint density at radius 3 is 2.48 bits per heavy atom. The highest BCUT2D eigenvalue weighted by atomic mass is 16.3. The van der Waals surface area contributed by atoms with Crippen molar-refractivity contribution in [2.45, 2.75) is 26.5 Å². The van der Waals surface area contributed by atoms with E-state index >= 15 is 0 Å². The molecule has 1 aromatic carbocycles. The van der Waals surface area contributed by atoms with Crippen molar-refractivity contribution in [2.24, 2.45) is 0 Å². The number of hydrogen-bond donors (Lipinski definition) is 3. The molecule has 2 rings (SSSR count). The minimum atomic E-state index is -0.618. The number of pyridine rings is 1. The average Bonchev–Trinajstić information content (AvgIpc) is 2.56. The first-order valence-corrected chi connectivity index (χ1v) is 7.88. The molecule has 1 atom stereocenters. The van der Waals surface area contributed by atoms with E-state index in [1.807, 2.05) is 6.92 Å². The van der Waals surface area contributed by atoms with Crippen molar-refractivity contribution < 1.29 is 14.7 Å². The summed E-state index contributed by atoms with van der Waals surface area (Å²) in [4.78, 5) is 35.6. The van der Waals surface area contributed by atoms with Gasteiger partial charge in [-0.05, 0) is 43.7 Å². The number of carbonyl (C=O) groups excluding carboxylic acids is 2. The molecule has 0 saturated carbocycles. The van der Waals surface area contributed by atoms with Crippen molar-refractivity contribution in [2.75, 3.05) is 11.9 Å². The van der Waals surface area contributed by atoms with Crippen LogP contribution in [0.15, 0.2) is 47.4 Å². The first-order chi connectivity index (χ1) is 11.8. The number of nitrogens with one attached hydrogen (secondary N) is 2. The number of amides is 2. The first-order valence-electron chi connectivity index (χ1n) is 7.88.